The maximum absolute atomic E-state index is 11.7. The van der Waals surface area contributed by atoms with Crippen molar-refractivity contribution in [2.45, 2.75) is 46.6 Å². The van der Waals surface area contributed by atoms with Gasteiger partial charge in [-0.05, 0) is 46.2 Å². The zero-order valence-corrected chi connectivity index (χ0v) is 13.8. The molecule has 0 saturated carbocycles. The standard InChI is InChI=1S/C17H28N2O2/c1-13-6-8-14(9-7-13)10-17(5,11-18)12-19-15(20)21-16(2,3)4/h6-9H,10-12,18H2,1-5H3,(H,19,20). The molecule has 4 nitrogen and oxygen atoms in total. The van der Waals surface area contributed by atoms with E-state index in [9.17, 15) is 4.79 Å². The summed E-state index contributed by atoms with van der Waals surface area (Å²) in [6.07, 6.45) is 0.422. The monoisotopic (exact) mass is 292 g/mol. The van der Waals surface area contributed by atoms with Gasteiger partial charge in [0.2, 0.25) is 0 Å². The number of hydrogen-bond acceptors (Lipinski definition) is 3. The first-order valence-corrected chi connectivity index (χ1v) is 7.36. The molecule has 4 heteroatoms. The van der Waals surface area contributed by atoms with Crippen LogP contribution in [0.2, 0.25) is 0 Å². The van der Waals surface area contributed by atoms with Crippen LogP contribution in [0.5, 0.6) is 0 Å². The molecule has 1 unspecified atom stereocenters. The Kier molecular flexibility index (Phi) is 5.78. The molecule has 0 aliphatic rings. The quantitative estimate of drug-likeness (QED) is 0.876. The highest BCUT2D eigenvalue weighted by atomic mass is 16.6. The van der Waals surface area contributed by atoms with Crippen LogP contribution in [-0.2, 0) is 11.2 Å². The van der Waals surface area contributed by atoms with E-state index in [0.29, 0.717) is 13.1 Å². The molecule has 0 spiro atoms. The lowest BCUT2D eigenvalue weighted by molar-refractivity contribution is 0.0504. The van der Waals surface area contributed by atoms with Crippen LogP contribution in [0.25, 0.3) is 0 Å². The fourth-order valence-corrected chi connectivity index (χ4v) is 2.01. The molecule has 0 bridgehead atoms. The third-order valence-electron chi connectivity index (χ3n) is 3.30. The molecule has 3 N–H and O–H groups in total. The van der Waals surface area contributed by atoms with E-state index in [1.54, 1.807) is 0 Å². The van der Waals surface area contributed by atoms with Crippen molar-refractivity contribution in [3.63, 3.8) is 0 Å². The van der Waals surface area contributed by atoms with E-state index in [0.717, 1.165) is 6.42 Å². The van der Waals surface area contributed by atoms with Crippen molar-refractivity contribution in [2.75, 3.05) is 13.1 Å². The Labute approximate surface area is 128 Å². The average Bonchev–Trinajstić information content (AvgIpc) is 2.37. The molecule has 0 heterocycles. The van der Waals surface area contributed by atoms with Gasteiger partial charge in [0.25, 0.3) is 0 Å². The largest absolute Gasteiger partial charge is 0.444 e. The zero-order chi connectivity index (χ0) is 16.1. The van der Waals surface area contributed by atoms with Gasteiger partial charge < -0.3 is 15.8 Å². The van der Waals surface area contributed by atoms with E-state index < -0.39 is 11.7 Å². The van der Waals surface area contributed by atoms with Crippen LogP contribution < -0.4 is 11.1 Å². The molecule has 0 radical (unpaired) electrons. The van der Waals surface area contributed by atoms with Crippen LogP contribution in [0.1, 0.15) is 38.8 Å². The molecule has 0 aliphatic carbocycles. The molecule has 0 fully saturated rings. The van der Waals surface area contributed by atoms with Gasteiger partial charge in [0.15, 0.2) is 0 Å². The third kappa shape index (κ3) is 6.63. The molecule has 1 atom stereocenters. The Hall–Kier alpha value is -1.55. The molecular formula is C17H28N2O2. The Morgan fingerprint density at radius 1 is 1.19 bits per heavy atom. The van der Waals surface area contributed by atoms with Crippen molar-refractivity contribution in [3.05, 3.63) is 35.4 Å². The Morgan fingerprint density at radius 3 is 2.24 bits per heavy atom. The number of benzene rings is 1. The van der Waals surface area contributed by atoms with E-state index in [-0.39, 0.29) is 5.41 Å². The molecule has 21 heavy (non-hydrogen) atoms. The number of hydrogen-bond donors (Lipinski definition) is 2. The van der Waals surface area contributed by atoms with Gasteiger partial charge in [-0.15, -0.1) is 0 Å². The highest BCUT2D eigenvalue weighted by Crippen LogP contribution is 2.21. The summed E-state index contributed by atoms with van der Waals surface area (Å²) >= 11 is 0. The van der Waals surface area contributed by atoms with E-state index in [2.05, 4.69) is 43.4 Å². The summed E-state index contributed by atoms with van der Waals surface area (Å²) in [6.45, 7) is 10.7. The van der Waals surface area contributed by atoms with E-state index in [1.807, 2.05) is 20.8 Å². The summed E-state index contributed by atoms with van der Waals surface area (Å²) < 4.78 is 5.25. The van der Waals surface area contributed by atoms with Crippen molar-refractivity contribution in [1.82, 2.24) is 5.32 Å². The van der Waals surface area contributed by atoms with Crippen molar-refractivity contribution in [2.24, 2.45) is 11.1 Å². The van der Waals surface area contributed by atoms with E-state index >= 15 is 0 Å². The van der Waals surface area contributed by atoms with Gasteiger partial charge >= 0.3 is 6.09 Å². The summed E-state index contributed by atoms with van der Waals surface area (Å²) in [5.41, 5.74) is 7.69. The number of carbonyl (C=O) groups excluding carboxylic acids is 1. The molecule has 1 rings (SSSR count). The van der Waals surface area contributed by atoms with Crippen LogP contribution in [0.4, 0.5) is 4.79 Å². The number of amides is 1. The topological polar surface area (TPSA) is 64.3 Å². The number of alkyl carbamates (subject to hydrolysis) is 1. The average molecular weight is 292 g/mol. The van der Waals surface area contributed by atoms with Crippen molar-refractivity contribution >= 4 is 6.09 Å². The Bertz CT molecular complexity index is 463. The van der Waals surface area contributed by atoms with Crippen molar-refractivity contribution < 1.29 is 9.53 Å². The molecule has 1 aromatic rings. The minimum absolute atomic E-state index is 0.188. The van der Waals surface area contributed by atoms with Gasteiger partial charge in [0.05, 0.1) is 0 Å². The number of aryl methyl sites for hydroxylation is 1. The lowest BCUT2D eigenvalue weighted by Crippen LogP contribution is -2.43. The fraction of sp³-hybridized carbons (Fsp3) is 0.588. The van der Waals surface area contributed by atoms with Crippen LogP contribution in [0.3, 0.4) is 0 Å². The summed E-state index contributed by atoms with van der Waals surface area (Å²) in [4.78, 5) is 11.7. The predicted molar refractivity (Wildman–Crippen MR) is 86.3 cm³/mol. The smallest absolute Gasteiger partial charge is 0.407 e. The van der Waals surface area contributed by atoms with Crippen molar-refractivity contribution in [1.29, 1.82) is 0 Å². The second-order valence-corrected chi connectivity index (χ2v) is 7.03. The molecule has 0 saturated heterocycles. The van der Waals surface area contributed by atoms with E-state index in [1.165, 1.54) is 11.1 Å². The first kappa shape index (κ1) is 17.5. The summed E-state index contributed by atoms with van der Waals surface area (Å²) in [5, 5.41) is 2.82. The number of rotatable bonds is 5. The lowest BCUT2D eigenvalue weighted by atomic mass is 9.83. The number of nitrogens with two attached hydrogens (primary N) is 1. The highest BCUT2D eigenvalue weighted by Gasteiger charge is 2.25. The summed E-state index contributed by atoms with van der Waals surface area (Å²) in [5.74, 6) is 0. The predicted octanol–water partition coefficient (Wildman–Crippen LogP) is 3.03. The second kappa shape index (κ2) is 6.94. The molecule has 118 valence electrons. The minimum atomic E-state index is -0.486. The van der Waals surface area contributed by atoms with Gasteiger partial charge in [-0.25, -0.2) is 4.79 Å². The molecular weight excluding hydrogens is 264 g/mol. The van der Waals surface area contributed by atoms with Gasteiger partial charge in [-0.2, -0.15) is 0 Å². The van der Waals surface area contributed by atoms with Crippen LogP contribution in [0, 0.1) is 12.3 Å². The van der Waals surface area contributed by atoms with Gasteiger partial charge in [0.1, 0.15) is 5.60 Å². The summed E-state index contributed by atoms with van der Waals surface area (Å²) in [7, 11) is 0. The molecule has 0 aromatic heterocycles. The van der Waals surface area contributed by atoms with Crippen molar-refractivity contribution in [3.8, 4) is 0 Å². The van der Waals surface area contributed by atoms with Gasteiger partial charge in [0, 0.05) is 12.0 Å². The third-order valence-corrected chi connectivity index (χ3v) is 3.30. The summed E-state index contributed by atoms with van der Waals surface area (Å²) in [6, 6.07) is 8.40. The van der Waals surface area contributed by atoms with Crippen LogP contribution >= 0.6 is 0 Å². The zero-order valence-electron chi connectivity index (χ0n) is 13.8. The lowest BCUT2D eigenvalue weighted by Gasteiger charge is -2.29. The Morgan fingerprint density at radius 2 is 1.76 bits per heavy atom. The van der Waals surface area contributed by atoms with Crippen LogP contribution in [-0.4, -0.2) is 24.8 Å². The Balaban J connectivity index is 2.59. The van der Waals surface area contributed by atoms with Crippen LogP contribution in [0.15, 0.2) is 24.3 Å². The highest BCUT2D eigenvalue weighted by molar-refractivity contribution is 5.67. The van der Waals surface area contributed by atoms with E-state index in [4.69, 9.17) is 10.5 Å². The SMILES string of the molecule is Cc1ccc(CC(C)(CN)CNC(=O)OC(C)(C)C)cc1. The second-order valence-electron chi connectivity index (χ2n) is 7.03. The molecule has 1 aromatic carbocycles. The van der Waals surface area contributed by atoms with Gasteiger partial charge in [-0.1, -0.05) is 36.8 Å². The number of carbonyl (C=O) groups is 1. The maximum Gasteiger partial charge on any atom is 0.407 e. The molecule has 1 amide bonds. The normalized spacial score (nSPS) is 14.4. The number of ether oxygens (including phenoxy) is 1. The first-order valence-electron chi connectivity index (χ1n) is 7.36. The molecule has 0 aliphatic heterocycles. The first-order chi connectivity index (χ1) is 9.63. The fourth-order valence-electron chi connectivity index (χ4n) is 2.01. The van der Waals surface area contributed by atoms with Gasteiger partial charge in [-0.3, -0.25) is 0 Å². The maximum atomic E-state index is 11.7. The number of nitrogens with one attached hydrogen (secondary N) is 1. The minimum Gasteiger partial charge on any atom is -0.444 e.